The van der Waals surface area contributed by atoms with Gasteiger partial charge in [-0.25, -0.2) is 9.59 Å². The van der Waals surface area contributed by atoms with E-state index in [9.17, 15) is 9.59 Å². The van der Waals surface area contributed by atoms with Crippen LogP contribution in [0.1, 0.15) is 151 Å². The molecule has 2 fully saturated rings. The normalized spacial score (nSPS) is 12.9. The largest absolute Gasteiger partial charge is 1.00 e. The SMILES string of the molecule is CCN(Cc1ccc(C#Cc2ccc(C(=O)O)cc2)cc1C(C)C)C1CC1.CCOC(=O)c1ccc(C#Cc2ccc(CN(CC)C3CC3)c(C(C)C)c2)cc1.[Na+].[OH-]. The number of aromatic carboxylic acids is 1. The fourth-order valence-electron chi connectivity index (χ4n) is 6.91. The number of esters is 1. The van der Waals surface area contributed by atoms with Crippen molar-refractivity contribution in [3.8, 4) is 23.7 Å². The number of ether oxygens (including phenoxy) is 1. The molecule has 0 amide bonds. The molecule has 0 atom stereocenters. The molecule has 2 N–H and O–H groups in total. The summed E-state index contributed by atoms with van der Waals surface area (Å²) in [6.45, 7) is 19.9. The predicted octanol–water partition coefficient (Wildman–Crippen LogP) is 7.09. The Morgan fingerprint density at radius 3 is 1.31 bits per heavy atom. The summed E-state index contributed by atoms with van der Waals surface area (Å²) in [7, 11) is 0. The first-order valence-electron chi connectivity index (χ1n) is 20.4. The Balaban J connectivity index is 0.000000301. The first-order chi connectivity index (χ1) is 27.0. The van der Waals surface area contributed by atoms with E-state index < -0.39 is 5.97 Å². The number of nitrogens with zero attached hydrogens (tertiary/aromatic N) is 2. The van der Waals surface area contributed by atoms with Crippen molar-refractivity contribution in [2.75, 3.05) is 19.7 Å². The van der Waals surface area contributed by atoms with E-state index in [0.29, 0.717) is 24.0 Å². The number of rotatable bonds is 13. The topological polar surface area (TPSA) is 100 Å². The van der Waals surface area contributed by atoms with Crippen LogP contribution >= 0.6 is 0 Å². The number of hydrogen-bond donors (Lipinski definition) is 1. The van der Waals surface area contributed by atoms with Gasteiger partial charge in [-0.05, 0) is 153 Å². The van der Waals surface area contributed by atoms with Gasteiger partial charge in [-0.1, -0.05) is 77.4 Å². The van der Waals surface area contributed by atoms with Crippen LogP contribution in [0.25, 0.3) is 0 Å². The fourth-order valence-corrected chi connectivity index (χ4v) is 6.91. The molecule has 6 rings (SSSR count). The van der Waals surface area contributed by atoms with Crippen LogP contribution in [0.2, 0.25) is 0 Å². The molecule has 58 heavy (non-hydrogen) atoms. The average molecular weight is 791 g/mol. The molecule has 0 bridgehead atoms. The second-order valence-electron chi connectivity index (χ2n) is 15.4. The summed E-state index contributed by atoms with van der Waals surface area (Å²) in [4.78, 5) is 27.8. The van der Waals surface area contributed by atoms with Crippen LogP contribution in [0.5, 0.6) is 0 Å². The second-order valence-corrected chi connectivity index (χ2v) is 15.4. The van der Waals surface area contributed by atoms with Crippen molar-refractivity contribution in [1.82, 2.24) is 9.80 Å². The number of hydrogen-bond acceptors (Lipinski definition) is 6. The van der Waals surface area contributed by atoms with E-state index in [1.54, 1.807) is 43.3 Å². The van der Waals surface area contributed by atoms with E-state index in [0.717, 1.165) is 60.5 Å². The summed E-state index contributed by atoms with van der Waals surface area (Å²) in [5.74, 6) is 12.6. The maximum absolute atomic E-state index is 11.8. The predicted molar refractivity (Wildman–Crippen MR) is 229 cm³/mol. The van der Waals surface area contributed by atoms with Gasteiger partial charge in [0.2, 0.25) is 0 Å². The molecule has 300 valence electrons. The molecule has 0 aliphatic heterocycles. The minimum Gasteiger partial charge on any atom is -0.870 e. The fraction of sp³-hybridized carbons (Fsp3) is 0.400. The monoisotopic (exact) mass is 790 g/mol. The van der Waals surface area contributed by atoms with Crippen molar-refractivity contribution in [3.05, 3.63) is 141 Å². The van der Waals surface area contributed by atoms with Crippen molar-refractivity contribution in [2.45, 2.75) is 111 Å². The van der Waals surface area contributed by atoms with E-state index >= 15 is 0 Å². The summed E-state index contributed by atoms with van der Waals surface area (Å²) >= 11 is 0. The van der Waals surface area contributed by atoms with Crippen molar-refractivity contribution in [1.29, 1.82) is 0 Å². The quantitative estimate of drug-likeness (QED) is 0.0878. The smallest absolute Gasteiger partial charge is 0.870 e. The Morgan fingerprint density at radius 2 is 0.983 bits per heavy atom. The Bertz CT molecular complexity index is 2080. The minimum absolute atomic E-state index is 0. The zero-order valence-corrected chi connectivity index (χ0v) is 37.8. The van der Waals surface area contributed by atoms with E-state index in [1.807, 2.05) is 12.1 Å². The maximum Gasteiger partial charge on any atom is 1.00 e. The molecular weight excluding hydrogens is 732 g/mol. The summed E-state index contributed by atoms with van der Waals surface area (Å²) in [6.07, 6.45) is 5.33. The van der Waals surface area contributed by atoms with Gasteiger partial charge < -0.3 is 15.3 Å². The standard InChI is InChI=1S/C26H31NO2.C24H27NO2.Na.H2O/c1-5-27(24-15-16-24)18-23-14-11-21(17-25(23)19(3)4)8-7-20-9-12-22(13-10-20)26(28)29-6-2;1-4-25(22-13-14-22)16-21-12-9-19(15-23(21)17(2)3)6-5-18-7-10-20(11-8-18)24(26)27;;/h9-14,17,19,24H,5-6,15-16,18H2,1-4H3;7-12,15,17,22H,4,13-14,16H2,1-3H3,(H,26,27);;1H2/q;;+1;/p-1. The molecule has 0 unspecified atom stereocenters. The molecule has 2 aliphatic carbocycles. The van der Waals surface area contributed by atoms with Crippen LogP contribution in [0.15, 0.2) is 84.9 Å². The van der Waals surface area contributed by atoms with Crippen molar-refractivity contribution >= 4 is 11.9 Å². The first-order valence-corrected chi connectivity index (χ1v) is 20.4. The first kappa shape index (κ1) is 48.2. The van der Waals surface area contributed by atoms with E-state index in [4.69, 9.17) is 9.84 Å². The van der Waals surface area contributed by atoms with Crippen LogP contribution in [0.4, 0.5) is 0 Å². The zero-order chi connectivity index (χ0) is 40.2. The van der Waals surface area contributed by atoms with Crippen LogP contribution in [-0.4, -0.2) is 64.1 Å². The molecule has 0 spiro atoms. The van der Waals surface area contributed by atoms with Gasteiger partial charge in [0, 0.05) is 47.4 Å². The van der Waals surface area contributed by atoms with E-state index in [-0.39, 0.29) is 46.6 Å². The maximum atomic E-state index is 11.8. The van der Waals surface area contributed by atoms with Crippen LogP contribution in [0, 0.1) is 23.7 Å². The van der Waals surface area contributed by atoms with Crippen LogP contribution in [-0.2, 0) is 17.8 Å². The molecule has 2 aliphatic rings. The van der Waals surface area contributed by atoms with Crippen molar-refractivity contribution < 1.29 is 54.5 Å². The van der Waals surface area contributed by atoms with Crippen LogP contribution < -0.4 is 29.6 Å². The number of carbonyl (C=O) groups is 2. The minimum atomic E-state index is -0.918. The Kier molecular flexibility index (Phi) is 19.5. The number of carbonyl (C=O) groups excluding carboxylic acids is 1. The van der Waals surface area contributed by atoms with Crippen LogP contribution in [0.3, 0.4) is 0 Å². The Morgan fingerprint density at radius 1 is 0.621 bits per heavy atom. The molecule has 0 aromatic heterocycles. The molecule has 0 radical (unpaired) electrons. The third kappa shape index (κ3) is 14.3. The molecule has 2 saturated carbocycles. The number of carboxylic acid groups (broad SMARTS) is 1. The zero-order valence-electron chi connectivity index (χ0n) is 35.8. The summed E-state index contributed by atoms with van der Waals surface area (Å²) in [6, 6.07) is 28.6. The van der Waals surface area contributed by atoms with E-state index in [2.05, 4.69) is 111 Å². The molecule has 4 aromatic carbocycles. The van der Waals surface area contributed by atoms with Crippen molar-refractivity contribution in [3.63, 3.8) is 0 Å². The Hall–Kier alpha value is -4.18. The van der Waals surface area contributed by atoms with Gasteiger partial charge in [0.1, 0.15) is 0 Å². The number of carboxylic acids is 1. The summed E-state index contributed by atoms with van der Waals surface area (Å²) in [5, 5.41) is 8.97. The Labute approximate surface area is 369 Å². The average Bonchev–Trinajstić information content (AvgIpc) is 4.14. The van der Waals surface area contributed by atoms with Gasteiger partial charge in [-0.15, -0.1) is 0 Å². The molecular formula is C50H59N2NaO5. The van der Waals surface area contributed by atoms with Crippen molar-refractivity contribution in [2.24, 2.45) is 0 Å². The van der Waals surface area contributed by atoms with Gasteiger partial charge >= 0.3 is 41.5 Å². The summed E-state index contributed by atoms with van der Waals surface area (Å²) < 4.78 is 5.02. The molecule has 0 saturated heterocycles. The van der Waals surface area contributed by atoms with E-state index in [1.165, 1.54) is 47.9 Å². The van der Waals surface area contributed by atoms with Gasteiger partial charge in [0.25, 0.3) is 0 Å². The molecule has 0 heterocycles. The molecule has 7 nitrogen and oxygen atoms in total. The molecule has 8 heteroatoms. The summed E-state index contributed by atoms with van der Waals surface area (Å²) in [5.41, 5.74) is 10.1. The third-order valence-electron chi connectivity index (χ3n) is 10.5. The van der Waals surface area contributed by atoms with Gasteiger partial charge in [-0.2, -0.15) is 0 Å². The van der Waals surface area contributed by atoms with Gasteiger partial charge in [0.15, 0.2) is 0 Å². The number of benzene rings is 4. The van der Waals surface area contributed by atoms with Gasteiger partial charge in [-0.3, -0.25) is 9.80 Å². The molecule has 4 aromatic rings. The third-order valence-corrected chi connectivity index (χ3v) is 10.5. The van der Waals surface area contributed by atoms with Gasteiger partial charge in [0.05, 0.1) is 17.7 Å². The second kappa shape index (κ2) is 23.4.